The number of aromatic nitrogens is 3. The van der Waals surface area contributed by atoms with Gasteiger partial charge in [0, 0.05) is 6.04 Å². The highest BCUT2D eigenvalue weighted by atomic mass is 16.2. The van der Waals surface area contributed by atoms with Crippen LogP contribution in [0.2, 0.25) is 0 Å². The molecule has 2 rings (SSSR count). The van der Waals surface area contributed by atoms with E-state index >= 15 is 0 Å². The number of rotatable bonds is 3. The maximum Gasteiger partial charge on any atom is 0.242 e. The molecule has 1 heterocycles. The van der Waals surface area contributed by atoms with E-state index in [9.17, 15) is 4.79 Å². The van der Waals surface area contributed by atoms with Crippen LogP contribution in [0.15, 0.2) is 6.33 Å². The zero-order valence-electron chi connectivity index (χ0n) is 11.0. The van der Waals surface area contributed by atoms with Crippen molar-refractivity contribution in [2.45, 2.75) is 52.1 Å². The van der Waals surface area contributed by atoms with Crippen molar-refractivity contribution in [3.63, 3.8) is 0 Å². The molecule has 0 aliphatic heterocycles. The molecule has 0 unspecified atom stereocenters. The van der Waals surface area contributed by atoms with Crippen molar-refractivity contribution in [1.29, 1.82) is 0 Å². The van der Waals surface area contributed by atoms with Crippen LogP contribution in [-0.2, 0) is 11.3 Å². The van der Waals surface area contributed by atoms with Crippen LogP contribution in [0.3, 0.4) is 0 Å². The minimum atomic E-state index is -0.0235. The number of nitrogens with one attached hydrogen (secondary N) is 1. The molecule has 1 amide bonds. The van der Waals surface area contributed by atoms with Gasteiger partial charge >= 0.3 is 0 Å². The third kappa shape index (κ3) is 3.45. The van der Waals surface area contributed by atoms with E-state index in [1.807, 2.05) is 0 Å². The summed E-state index contributed by atoms with van der Waals surface area (Å²) in [6.07, 6.45) is 5.90. The second-order valence-electron chi connectivity index (χ2n) is 5.81. The molecule has 1 aromatic heterocycles. The monoisotopic (exact) mass is 251 g/mol. The predicted molar refractivity (Wildman–Crippen MR) is 68.6 cm³/mol. The molecule has 0 atom stereocenters. The Morgan fingerprint density at radius 1 is 1.56 bits per heavy atom. The van der Waals surface area contributed by atoms with Crippen LogP contribution in [0.5, 0.6) is 0 Å². The summed E-state index contributed by atoms with van der Waals surface area (Å²) in [6.45, 7) is 4.75. The Balaban J connectivity index is 1.78. The first-order valence-electron chi connectivity index (χ1n) is 6.39. The average Bonchev–Trinajstić information content (AvgIpc) is 2.67. The summed E-state index contributed by atoms with van der Waals surface area (Å²) < 4.78 is 1.46. The molecule has 1 saturated carbocycles. The van der Waals surface area contributed by atoms with E-state index in [0.717, 1.165) is 25.7 Å². The Labute approximate surface area is 107 Å². The maximum absolute atomic E-state index is 11.8. The molecule has 0 spiro atoms. The summed E-state index contributed by atoms with van der Waals surface area (Å²) in [5.41, 5.74) is 5.81. The van der Waals surface area contributed by atoms with E-state index in [1.165, 1.54) is 11.0 Å². The smallest absolute Gasteiger partial charge is 0.242 e. The first-order valence-corrected chi connectivity index (χ1v) is 6.39. The molecule has 1 aliphatic carbocycles. The normalized spacial score (nSPS) is 19.7. The quantitative estimate of drug-likeness (QED) is 0.837. The van der Waals surface area contributed by atoms with Crippen LogP contribution in [0.1, 0.15) is 39.5 Å². The molecule has 0 aromatic carbocycles. The summed E-state index contributed by atoms with van der Waals surface area (Å²) in [7, 11) is 0. The van der Waals surface area contributed by atoms with E-state index in [4.69, 9.17) is 5.73 Å². The average molecular weight is 251 g/mol. The minimum absolute atomic E-state index is 0.0235. The lowest BCUT2D eigenvalue weighted by molar-refractivity contribution is -0.122. The summed E-state index contributed by atoms with van der Waals surface area (Å²) in [5, 5.41) is 6.94. The molecule has 0 radical (unpaired) electrons. The third-order valence-corrected chi connectivity index (χ3v) is 3.56. The second-order valence-corrected chi connectivity index (χ2v) is 5.81. The van der Waals surface area contributed by atoms with Gasteiger partial charge in [0.15, 0.2) is 0 Å². The summed E-state index contributed by atoms with van der Waals surface area (Å²) in [4.78, 5) is 15.6. The van der Waals surface area contributed by atoms with E-state index in [2.05, 4.69) is 29.2 Å². The first-order chi connectivity index (χ1) is 8.44. The van der Waals surface area contributed by atoms with Gasteiger partial charge in [-0.1, -0.05) is 13.8 Å². The highest BCUT2D eigenvalue weighted by Gasteiger charge is 2.27. The van der Waals surface area contributed by atoms with Crippen LogP contribution >= 0.6 is 0 Å². The largest absolute Gasteiger partial charge is 0.367 e. The fourth-order valence-corrected chi connectivity index (χ4v) is 2.35. The molecule has 100 valence electrons. The third-order valence-electron chi connectivity index (χ3n) is 3.56. The highest BCUT2D eigenvalue weighted by molar-refractivity contribution is 5.75. The fraction of sp³-hybridized carbons (Fsp3) is 0.750. The van der Waals surface area contributed by atoms with E-state index in [0.29, 0.717) is 11.5 Å². The van der Waals surface area contributed by atoms with Gasteiger partial charge < -0.3 is 11.1 Å². The molecule has 6 heteroatoms. The SMILES string of the molecule is CC1(C)CCC(NC(=O)Cn2cnc(N)n2)CC1. The van der Waals surface area contributed by atoms with Gasteiger partial charge in [-0.15, -0.1) is 5.10 Å². The molecular formula is C12H21N5O. The zero-order chi connectivity index (χ0) is 13.2. The minimum Gasteiger partial charge on any atom is -0.367 e. The molecule has 1 fully saturated rings. The van der Waals surface area contributed by atoms with Crippen LogP contribution in [-0.4, -0.2) is 26.7 Å². The van der Waals surface area contributed by atoms with Gasteiger partial charge in [0.1, 0.15) is 12.9 Å². The van der Waals surface area contributed by atoms with Crippen molar-refractivity contribution < 1.29 is 4.79 Å². The van der Waals surface area contributed by atoms with Gasteiger partial charge in [0.2, 0.25) is 11.9 Å². The standard InChI is InChI=1S/C12H21N5O/c1-12(2)5-3-9(4-6-12)15-10(18)7-17-8-14-11(13)16-17/h8-9H,3-7H2,1-2H3,(H2,13,16)(H,15,18). The van der Waals surface area contributed by atoms with Crippen LogP contribution in [0.4, 0.5) is 5.95 Å². The van der Waals surface area contributed by atoms with Gasteiger partial charge in [-0.25, -0.2) is 9.67 Å². The van der Waals surface area contributed by atoms with Gasteiger partial charge in [-0.05, 0) is 31.1 Å². The van der Waals surface area contributed by atoms with Gasteiger partial charge in [0.05, 0.1) is 0 Å². The van der Waals surface area contributed by atoms with E-state index < -0.39 is 0 Å². The lowest BCUT2D eigenvalue weighted by Crippen LogP contribution is -2.40. The Kier molecular flexibility index (Phi) is 3.54. The fourth-order valence-electron chi connectivity index (χ4n) is 2.35. The number of hydrogen-bond acceptors (Lipinski definition) is 4. The molecule has 3 N–H and O–H groups in total. The Morgan fingerprint density at radius 3 is 2.78 bits per heavy atom. The van der Waals surface area contributed by atoms with Crippen molar-refractivity contribution in [2.24, 2.45) is 5.41 Å². The summed E-state index contributed by atoms with van der Waals surface area (Å²) >= 11 is 0. The number of hydrogen-bond donors (Lipinski definition) is 2. The van der Waals surface area contributed by atoms with Crippen molar-refractivity contribution in [3.8, 4) is 0 Å². The number of carbonyl (C=O) groups is 1. The molecule has 0 saturated heterocycles. The first kappa shape index (κ1) is 12.9. The predicted octanol–water partition coefficient (Wildman–Crippen LogP) is 0.945. The van der Waals surface area contributed by atoms with Gasteiger partial charge in [-0.2, -0.15) is 0 Å². The number of anilines is 1. The van der Waals surface area contributed by atoms with Crippen molar-refractivity contribution in [3.05, 3.63) is 6.33 Å². The lowest BCUT2D eigenvalue weighted by atomic mass is 9.75. The molecule has 6 nitrogen and oxygen atoms in total. The molecule has 0 bridgehead atoms. The number of amides is 1. The Bertz CT molecular complexity index is 416. The number of carbonyl (C=O) groups excluding carboxylic acids is 1. The van der Waals surface area contributed by atoms with E-state index in [-0.39, 0.29) is 18.4 Å². The Morgan fingerprint density at radius 2 is 2.22 bits per heavy atom. The van der Waals surface area contributed by atoms with Gasteiger partial charge in [-0.3, -0.25) is 4.79 Å². The topological polar surface area (TPSA) is 85.8 Å². The number of nitrogens with zero attached hydrogens (tertiary/aromatic N) is 3. The summed E-state index contributed by atoms with van der Waals surface area (Å²) in [5.74, 6) is 0.173. The van der Waals surface area contributed by atoms with Crippen molar-refractivity contribution in [2.75, 3.05) is 5.73 Å². The molecule has 18 heavy (non-hydrogen) atoms. The highest BCUT2D eigenvalue weighted by Crippen LogP contribution is 2.34. The van der Waals surface area contributed by atoms with Crippen molar-refractivity contribution in [1.82, 2.24) is 20.1 Å². The summed E-state index contributed by atoms with van der Waals surface area (Å²) in [6, 6.07) is 0.298. The molecule has 1 aliphatic rings. The van der Waals surface area contributed by atoms with Crippen molar-refractivity contribution >= 4 is 11.9 Å². The zero-order valence-corrected chi connectivity index (χ0v) is 11.0. The second kappa shape index (κ2) is 4.96. The van der Waals surface area contributed by atoms with Crippen LogP contribution < -0.4 is 11.1 Å². The number of nitrogen functional groups attached to an aromatic ring is 1. The van der Waals surface area contributed by atoms with Crippen LogP contribution in [0.25, 0.3) is 0 Å². The number of nitrogens with two attached hydrogens (primary N) is 1. The Hall–Kier alpha value is -1.59. The maximum atomic E-state index is 11.8. The van der Waals surface area contributed by atoms with Gasteiger partial charge in [0.25, 0.3) is 0 Å². The van der Waals surface area contributed by atoms with E-state index in [1.54, 1.807) is 0 Å². The van der Waals surface area contributed by atoms with Crippen LogP contribution in [0, 0.1) is 5.41 Å². The molecular weight excluding hydrogens is 230 g/mol. The lowest BCUT2D eigenvalue weighted by Gasteiger charge is -2.34. The molecule has 1 aromatic rings.